The van der Waals surface area contributed by atoms with E-state index in [1.54, 1.807) is 63.3 Å². The molecular weight excluding hydrogens is 1370 g/mol. The number of thioether (sulfide) groups is 1. The summed E-state index contributed by atoms with van der Waals surface area (Å²) >= 11 is 10.6. The molecule has 0 saturated carbocycles. The van der Waals surface area contributed by atoms with Gasteiger partial charge < -0.3 is 31.3 Å². The number of ether oxygens (including phenoxy) is 1. The number of hydrogen-bond acceptors (Lipinski definition) is 27. The first-order chi connectivity index (χ1) is 49.1. The Bertz CT molecular complexity index is 3860. The van der Waals surface area contributed by atoms with Crippen molar-refractivity contribution in [3.8, 4) is 50.5 Å². The van der Waals surface area contributed by atoms with Gasteiger partial charge in [0.25, 0.3) is 0 Å². The molecule has 5 N–H and O–H groups in total. The summed E-state index contributed by atoms with van der Waals surface area (Å²) in [5, 5.41) is 22.7. The molecule has 0 saturated heterocycles. The van der Waals surface area contributed by atoms with Crippen molar-refractivity contribution >= 4 is 119 Å². The normalized spacial score (nSPS) is 11.6. The Balaban J connectivity index is 0.000000191. The molecule has 0 unspecified atom stereocenters. The Labute approximate surface area is 617 Å². The van der Waals surface area contributed by atoms with Crippen molar-refractivity contribution in [2.45, 2.75) is 214 Å². The fourth-order valence-electron chi connectivity index (χ4n) is 10.0. The van der Waals surface area contributed by atoms with Crippen LogP contribution >= 0.6 is 68.4 Å². The standard InChI is InChI=1S/C13H16N4S.C13H14N4S.C13H16N4S.C12H14N4OS.C12H14N4S2.5C2H6/c2*1-3-10-16-12-9(18-10)6-5-8-7-15-13(14-4-2)17-11(8)12;1-3-10-16-9-6-5-8-7-15-13(14-4-2)17-11(8)12(9)18-10;2*1-3-9-15-11-8(18-9)6-17-7-5-14-12(13-4-2)16-10(7)11;5*1-2/h7H,3-6H2,1-2H3,(H,14,15,17);5-7H,3-4H2,1-2H3,(H,14,15,17);7H,3-6H2,1-2H3,(H,14,15,17);2*5H,3-4,6H2,1-2H3,(H,13,14,16);5*1-2H3. The Morgan fingerprint density at radius 3 is 1.37 bits per heavy atom. The highest BCUT2D eigenvalue weighted by Gasteiger charge is 2.27. The third-order valence-electron chi connectivity index (χ3n) is 14.4. The van der Waals surface area contributed by atoms with Gasteiger partial charge in [-0.2, -0.15) is 0 Å². The molecule has 0 radical (unpaired) electrons. The van der Waals surface area contributed by atoms with Crippen molar-refractivity contribution in [1.29, 1.82) is 0 Å². The number of benzene rings is 1. The lowest BCUT2D eigenvalue weighted by atomic mass is 10.00. The van der Waals surface area contributed by atoms with Gasteiger partial charge >= 0.3 is 0 Å². The molecule has 0 spiro atoms. The van der Waals surface area contributed by atoms with Crippen LogP contribution in [0.15, 0.2) is 48.0 Å². The highest BCUT2D eigenvalue weighted by Crippen LogP contribution is 2.44. The summed E-state index contributed by atoms with van der Waals surface area (Å²) in [5.41, 5.74) is 12.6. The van der Waals surface area contributed by atoms with E-state index in [4.69, 9.17) is 14.7 Å². The van der Waals surface area contributed by atoms with E-state index in [1.165, 1.54) is 51.2 Å². The molecule has 0 bridgehead atoms. The van der Waals surface area contributed by atoms with E-state index in [0.29, 0.717) is 30.4 Å². The smallest absolute Gasteiger partial charge is 0.223 e. The molecule has 27 heteroatoms. The first-order valence-electron chi connectivity index (χ1n) is 36.0. The Hall–Kier alpha value is -7.56. The van der Waals surface area contributed by atoms with Crippen LogP contribution in [-0.4, -0.2) is 107 Å². The van der Waals surface area contributed by atoms with Crippen molar-refractivity contribution in [2.75, 3.05) is 59.3 Å². The number of aryl methyl sites for hydroxylation is 9. The fraction of sp³-hybridized carbons (Fsp3) is 0.493. The molecule has 0 amide bonds. The van der Waals surface area contributed by atoms with Gasteiger partial charge in [0.2, 0.25) is 29.7 Å². The van der Waals surface area contributed by atoms with E-state index in [9.17, 15) is 0 Å². The number of anilines is 5. The molecule has 10 aromatic heterocycles. The molecule has 1 aromatic carbocycles. The van der Waals surface area contributed by atoms with Crippen molar-refractivity contribution in [3.05, 3.63) is 99.6 Å². The lowest BCUT2D eigenvalue weighted by molar-refractivity contribution is 0.303. The molecule has 4 aliphatic rings. The minimum Gasteiger partial charge on any atom is -0.484 e. The van der Waals surface area contributed by atoms with Crippen LogP contribution < -0.4 is 31.3 Å². The second-order valence-corrected chi connectivity index (χ2v) is 27.3. The zero-order valence-electron chi connectivity index (χ0n) is 62.4. The predicted octanol–water partition coefficient (Wildman–Crippen LogP) is 19.4. The molecule has 2 aliphatic carbocycles. The zero-order chi connectivity index (χ0) is 72.7. The van der Waals surface area contributed by atoms with Crippen LogP contribution in [0.4, 0.5) is 29.7 Å². The van der Waals surface area contributed by atoms with E-state index in [2.05, 4.69) is 145 Å². The molecule has 2 aliphatic heterocycles. The summed E-state index contributed by atoms with van der Waals surface area (Å²) in [6, 6.07) is 4.16. The Morgan fingerprint density at radius 2 is 0.800 bits per heavy atom. The highest BCUT2D eigenvalue weighted by molar-refractivity contribution is 7.98. The summed E-state index contributed by atoms with van der Waals surface area (Å²) < 4.78 is 6.85. The Morgan fingerprint density at radius 1 is 0.360 bits per heavy atom. The maximum absolute atomic E-state index is 5.66. The molecule has 100 heavy (non-hydrogen) atoms. The first kappa shape index (κ1) is 81.4. The molecule has 15 rings (SSSR count). The topological polar surface area (TPSA) is 263 Å². The number of nitrogens with one attached hydrogen (secondary N) is 5. The summed E-state index contributed by atoms with van der Waals surface area (Å²) in [6.45, 7) is 45.6. The van der Waals surface area contributed by atoms with Gasteiger partial charge in [-0.05, 0) is 116 Å². The average Bonchev–Trinajstić information content (AvgIpc) is 1.61. The molecule has 12 heterocycles. The van der Waals surface area contributed by atoms with Gasteiger partial charge in [-0.15, -0.1) is 68.4 Å². The number of hydrogen-bond donors (Lipinski definition) is 5. The largest absolute Gasteiger partial charge is 0.484 e. The van der Waals surface area contributed by atoms with Gasteiger partial charge in [0.1, 0.15) is 46.1 Å². The van der Waals surface area contributed by atoms with Gasteiger partial charge in [-0.1, -0.05) is 104 Å². The fourth-order valence-corrected chi connectivity index (χ4v) is 16.0. The number of rotatable bonds is 15. The van der Waals surface area contributed by atoms with Crippen LogP contribution in [0.5, 0.6) is 5.75 Å². The lowest BCUT2D eigenvalue weighted by Crippen LogP contribution is -2.09. The zero-order valence-corrected chi connectivity index (χ0v) is 67.3. The third kappa shape index (κ3) is 20.6. The van der Waals surface area contributed by atoms with Crippen molar-refractivity contribution in [1.82, 2.24) is 74.8 Å². The number of nitrogens with zero attached hydrogens (tertiary/aromatic N) is 15. The second kappa shape index (κ2) is 42.6. The quantitative estimate of drug-likeness (QED) is 0.0639. The van der Waals surface area contributed by atoms with Gasteiger partial charge in [0, 0.05) is 78.4 Å². The van der Waals surface area contributed by atoms with E-state index in [1.807, 2.05) is 133 Å². The van der Waals surface area contributed by atoms with Crippen LogP contribution in [0.25, 0.3) is 65.9 Å². The van der Waals surface area contributed by atoms with Gasteiger partial charge in [0.05, 0.1) is 67.7 Å². The van der Waals surface area contributed by atoms with Crippen LogP contribution in [0.3, 0.4) is 0 Å². The average molecular weight is 1470 g/mol. The minimum absolute atomic E-state index is 0.573. The third-order valence-corrected chi connectivity index (χ3v) is 21.7. The van der Waals surface area contributed by atoms with Crippen molar-refractivity contribution < 1.29 is 4.74 Å². The van der Waals surface area contributed by atoms with Crippen LogP contribution in [0.2, 0.25) is 0 Å². The summed E-state index contributed by atoms with van der Waals surface area (Å²) in [4.78, 5) is 74.0. The van der Waals surface area contributed by atoms with Gasteiger partial charge in [-0.25, -0.2) is 74.8 Å². The number of thiazole rings is 5. The molecule has 0 atom stereocenters. The maximum Gasteiger partial charge on any atom is 0.223 e. The maximum atomic E-state index is 5.66. The van der Waals surface area contributed by atoms with E-state index in [0.717, 1.165) is 184 Å². The second-order valence-electron chi connectivity index (χ2n) is 20.6. The highest BCUT2D eigenvalue weighted by atomic mass is 32.2. The van der Waals surface area contributed by atoms with Gasteiger partial charge in [0.15, 0.2) is 5.75 Å². The van der Waals surface area contributed by atoms with Gasteiger partial charge in [-0.3, -0.25) is 0 Å². The summed E-state index contributed by atoms with van der Waals surface area (Å²) in [7, 11) is 0. The molecule has 11 aromatic rings. The summed E-state index contributed by atoms with van der Waals surface area (Å²) in [6.07, 6.45) is 18.4. The monoisotopic (exact) mass is 1470 g/mol. The molecule has 538 valence electrons. The van der Waals surface area contributed by atoms with E-state index >= 15 is 0 Å². The number of aromatic nitrogens is 15. The van der Waals surface area contributed by atoms with Crippen LogP contribution in [0.1, 0.15) is 195 Å². The first-order valence-corrected chi connectivity index (χ1v) is 41.1. The minimum atomic E-state index is 0.573. The van der Waals surface area contributed by atoms with E-state index in [-0.39, 0.29) is 0 Å². The SMILES string of the molecule is CC.CC.CC.CC.CC.CCNc1ncc2c(n1)-c1nc(CC)sc1CC2.CCNc1ncc2c(n1)-c1nc(CC)sc1CO2.CCNc1ncc2c(n1)-c1nc(CC)sc1CS2.CCNc1ncc2c(n1)-c1sc(CC)nc1CC2.CCNc1ncc2ccc3sc(CC)nc3c2n1. The number of fused-ring (bicyclic) bond motifs is 15. The molecular formula is C73H104N20OS6. The predicted molar refractivity (Wildman–Crippen MR) is 428 cm³/mol. The molecule has 21 nitrogen and oxygen atoms in total. The van der Waals surface area contributed by atoms with Crippen LogP contribution in [0, 0.1) is 0 Å². The molecule has 0 fully saturated rings. The Kier molecular flexibility index (Phi) is 34.7. The lowest BCUT2D eigenvalue weighted by Gasteiger charge is -2.15. The van der Waals surface area contributed by atoms with E-state index < -0.39 is 0 Å². The van der Waals surface area contributed by atoms with Crippen molar-refractivity contribution in [2.24, 2.45) is 0 Å². The van der Waals surface area contributed by atoms with Crippen molar-refractivity contribution in [3.63, 3.8) is 0 Å². The summed E-state index contributed by atoms with van der Waals surface area (Å²) in [5.74, 6) is 5.12. The van der Waals surface area contributed by atoms with Crippen LogP contribution in [-0.2, 0) is 70.1 Å².